The highest BCUT2D eigenvalue weighted by Gasteiger charge is 2.27. The molecule has 1 heterocycles. The molecule has 2 rings (SSSR count). The topological polar surface area (TPSA) is 24.5 Å². The predicted molar refractivity (Wildman–Crippen MR) is 89.7 cm³/mol. The molecule has 0 aromatic heterocycles. The summed E-state index contributed by atoms with van der Waals surface area (Å²) in [6.45, 7) is 7.78. The van der Waals surface area contributed by atoms with Crippen LogP contribution in [0.2, 0.25) is 0 Å². The van der Waals surface area contributed by atoms with Gasteiger partial charge in [0.05, 0.1) is 12.2 Å². The highest BCUT2D eigenvalue weighted by Crippen LogP contribution is 2.24. The second-order valence-corrected chi connectivity index (χ2v) is 7.59. The molecule has 1 aliphatic heterocycles. The number of rotatable bonds is 7. The minimum Gasteiger partial charge on any atom is -0.372 e. The number of likely N-dealkylation sites (N-methyl/N-ethyl adjacent to an activating group) is 1. The van der Waals surface area contributed by atoms with Crippen LogP contribution in [-0.4, -0.2) is 49.8 Å². The van der Waals surface area contributed by atoms with E-state index in [1.807, 2.05) is 0 Å². The molecular formula is C18H36N2O. The fourth-order valence-electron chi connectivity index (χ4n) is 3.77. The molecule has 0 radical (unpaired) electrons. The van der Waals surface area contributed by atoms with Crippen LogP contribution >= 0.6 is 0 Å². The number of hydrogen-bond acceptors (Lipinski definition) is 3. The third kappa shape index (κ3) is 6.25. The van der Waals surface area contributed by atoms with E-state index in [1.54, 1.807) is 0 Å². The quantitative estimate of drug-likeness (QED) is 0.728. The van der Waals surface area contributed by atoms with Crippen LogP contribution in [0.15, 0.2) is 0 Å². The predicted octanol–water partition coefficient (Wildman–Crippen LogP) is 3.43. The minimum absolute atomic E-state index is 0.441. The van der Waals surface area contributed by atoms with Crippen molar-refractivity contribution >= 4 is 0 Å². The van der Waals surface area contributed by atoms with Crippen molar-refractivity contribution in [3.05, 3.63) is 0 Å². The van der Waals surface area contributed by atoms with Gasteiger partial charge in [-0.2, -0.15) is 0 Å². The lowest BCUT2D eigenvalue weighted by atomic mass is 10.1. The van der Waals surface area contributed by atoms with E-state index < -0.39 is 0 Å². The largest absolute Gasteiger partial charge is 0.372 e. The average molecular weight is 296 g/mol. The number of nitrogens with zero attached hydrogens (tertiary/aromatic N) is 1. The zero-order valence-corrected chi connectivity index (χ0v) is 14.4. The smallest absolute Gasteiger partial charge is 0.0707 e. The second kappa shape index (κ2) is 9.12. The van der Waals surface area contributed by atoms with E-state index >= 15 is 0 Å². The standard InChI is InChI=1S/C18H36N2O/c1-15(2)12-19-13-17-10-11-18(21-17)14-20(3)16-8-6-4-5-7-9-16/h15-19H,4-14H2,1-3H3. The van der Waals surface area contributed by atoms with Gasteiger partial charge >= 0.3 is 0 Å². The van der Waals surface area contributed by atoms with Crippen LogP contribution in [0.1, 0.15) is 65.2 Å². The zero-order valence-electron chi connectivity index (χ0n) is 14.4. The Balaban J connectivity index is 1.64. The number of ether oxygens (including phenoxy) is 1. The summed E-state index contributed by atoms with van der Waals surface area (Å²) in [5.41, 5.74) is 0. The Hall–Kier alpha value is -0.120. The molecule has 2 fully saturated rings. The molecule has 3 nitrogen and oxygen atoms in total. The summed E-state index contributed by atoms with van der Waals surface area (Å²) in [5, 5.41) is 3.53. The van der Waals surface area contributed by atoms with Gasteiger partial charge in [0.1, 0.15) is 0 Å². The van der Waals surface area contributed by atoms with E-state index in [-0.39, 0.29) is 0 Å². The fraction of sp³-hybridized carbons (Fsp3) is 1.00. The Labute approximate surface area is 131 Å². The second-order valence-electron chi connectivity index (χ2n) is 7.59. The van der Waals surface area contributed by atoms with Gasteiger partial charge in [-0.1, -0.05) is 39.5 Å². The van der Waals surface area contributed by atoms with Crippen molar-refractivity contribution in [2.45, 2.75) is 83.5 Å². The summed E-state index contributed by atoms with van der Waals surface area (Å²) in [6.07, 6.45) is 11.9. The molecule has 2 atom stereocenters. The van der Waals surface area contributed by atoms with Crippen molar-refractivity contribution in [1.82, 2.24) is 10.2 Å². The molecular weight excluding hydrogens is 260 g/mol. The van der Waals surface area contributed by atoms with Crippen molar-refractivity contribution < 1.29 is 4.74 Å². The van der Waals surface area contributed by atoms with Gasteiger partial charge in [0.15, 0.2) is 0 Å². The van der Waals surface area contributed by atoms with Crippen molar-refractivity contribution in [1.29, 1.82) is 0 Å². The zero-order chi connectivity index (χ0) is 15.1. The summed E-state index contributed by atoms with van der Waals surface area (Å²) >= 11 is 0. The van der Waals surface area contributed by atoms with Gasteiger partial charge in [0, 0.05) is 19.1 Å². The molecule has 2 aliphatic rings. The lowest BCUT2D eigenvalue weighted by Crippen LogP contribution is -2.38. The fourth-order valence-corrected chi connectivity index (χ4v) is 3.77. The Morgan fingerprint density at radius 1 is 1.00 bits per heavy atom. The Morgan fingerprint density at radius 2 is 1.67 bits per heavy atom. The molecule has 3 heteroatoms. The van der Waals surface area contributed by atoms with Crippen LogP contribution in [0.3, 0.4) is 0 Å². The number of nitrogens with one attached hydrogen (secondary N) is 1. The molecule has 1 N–H and O–H groups in total. The molecule has 1 aliphatic carbocycles. The highest BCUT2D eigenvalue weighted by atomic mass is 16.5. The van der Waals surface area contributed by atoms with Crippen LogP contribution in [-0.2, 0) is 4.74 Å². The summed E-state index contributed by atoms with van der Waals surface area (Å²) in [4.78, 5) is 2.58. The Bertz CT molecular complexity index is 274. The molecule has 124 valence electrons. The van der Waals surface area contributed by atoms with E-state index in [1.165, 1.54) is 51.4 Å². The van der Waals surface area contributed by atoms with E-state index in [9.17, 15) is 0 Å². The summed E-state index contributed by atoms with van der Waals surface area (Å²) in [7, 11) is 2.31. The maximum absolute atomic E-state index is 6.23. The lowest BCUT2D eigenvalue weighted by Gasteiger charge is -2.29. The summed E-state index contributed by atoms with van der Waals surface area (Å²) < 4.78 is 6.23. The van der Waals surface area contributed by atoms with E-state index in [0.717, 1.165) is 31.6 Å². The van der Waals surface area contributed by atoms with E-state index in [0.29, 0.717) is 12.2 Å². The summed E-state index contributed by atoms with van der Waals surface area (Å²) in [5.74, 6) is 0.726. The maximum Gasteiger partial charge on any atom is 0.0707 e. The van der Waals surface area contributed by atoms with Gasteiger partial charge in [-0.05, 0) is 45.2 Å². The van der Waals surface area contributed by atoms with Crippen LogP contribution < -0.4 is 5.32 Å². The SMILES string of the molecule is CC(C)CNCC1CCC(CN(C)C2CCCCCC2)O1. The highest BCUT2D eigenvalue weighted by molar-refractivity contribution is 4.80. The lowest BCUT2D eigenvalue weighted by molar-refractivity contribution is 0.0190. The number of hydrogen-bond donors (Lipinski definition) is 1. The molecule has 2 unspecified atom stereocenters. The average Bonchev–Trinajstić information content (AvgIpc) is 2.72. The Morgan fingerprint density at radius 3 is 2.33 bits per heavy atom. The first kappa shape index (κ1) is 17.2. The molecule has 0 amide bonds. The molecule has 1 saturated heterocycles. The molecule has 1 saturated carbocycles. The molecule has 0 bridgehead atoms. The van der Waals surface area contributed by atoms with E-state index in [4.69, 9.17) is 4.74 Å². The first-order valence-corrected chi connectivity index (χ1v) is 9.21. The van der Waals surface area contributed by atoms with Gasteiger partial charge in [0.2, 0.25) is 0 Å². The molecule has 0 spiro atoms. The molecule has 21 heavy (non-hydrogen) atoms. The summed E-state index contributed by atoms with van der Waals surface area (Å²) in [6, 6.07) is 0.800. The normalized spacial score (nSPS) is 28.4. The van der Waals surface area contributed by atoms with Crippen molar-refractivity contribution in [3.63, 3.8) is 0 Å². The van der Waals surface area contributed by atoms with E-state index in [2.05, 4.69) is 31.1 Å². The van der Waals surface area contributed by atoms with Gasteiger partial charge < -0.3 is 15.0 Å². The van der Waals surface area contributed by atoms with Crippen molar-refractivity contribution in [2.75, 3.05) is 26.7 Å². The molecule has 0 aromatic rings. The van der Waals surface area contributed by atoms with Crippen LogP contribution in [0.5, 0.6) is 0 Å². The first-order valence-electron chi connectivity index (χ1n) is 9.21. The maximum atomic E-state index is 6.23. The minimum atomic E-state index is 0.441. The van der Waals surface area contributed by atoms with Crippen LogP contribution in [0.4, 0.5) is 0 Å². The van der Waals surface area contributed by atoms with Crippen LogP contribution in [0, 0.1) is 5.92 Å². The Kier molecular flexibility index (Phi) is 7.48. The third-order valence-corrected chi connectivity index (χ3v) is 5.06. The third-order valence-electron chi connectivity index (χ3n) is 5.06. The van der Waals surface area contributed by atoms with Crippen LogP contribution in [0.25, 0.3) is 0 Å². The first-order chi connectivity index (χ1) is 10.1. The van der Waals surface area contributed by atoms with Crippen molar-refractivity contribution in [3.8, 4) is 0 Å². The van der Waals surface area contributed by atoms with Gasteiger partial charge in [-0.15, -0.1) is 0 Å². The monoisotopic (exact) mass is 296 g/mol. The van der Waals surface area contributed by atoms with Gasteiger partial charge in [-0.3, -0.25) is 0 Å². The van der Waals surface area contributed by atoms with Gasteiger partial charge in [-0.25, -0.2) is 0 Å². The van der Waals surface area contributed by atoms with Gasteiger partial charge in [0.25, 0.3) is 0 Å². The van der Waals surface area contributed by atoms with Crippen molar-refractivity contribution in [2.24, 2.45) is 5.92 Å². The molecule has 0 aromatic carbocycles.